The zero-order chi connectivity index (χ0) is 15.9. The van der Waals surface area contributed by atoms with E-state index in [9.17, 15) is 18.0 Å². The fourth-order valence-corrected chi connectivity index (χ4v) is 2.19. The third-order valence-electron chi connectivity index (χ3n) is 3.15. The first-order valence-electron chi connectivity index (χ1n) is 6.26. The Morgan fingerprint density at radius 3 is 2.41 bits per heavy atom. The highest BCUT2D eigenvalue weighted by molar-refractivity contribution is 5.87. The molecule has 3 rings (SSSR count). The van der Waals surface area contributed by atoms with Gasteiger partial charge in [0.25, 0.3) is 0 Å². The number of esters is 1. The molecule has 6 heteroatoms. The van der Waals surface area contributed by atoms with E-state index in [1.54, 1.807) is 6.07 Å². The fraction of sp³-hybridized carbons (Fsp3) is 0.0625. The van der Waals surface area contributed by atoms with Crippen LogP contribution in [0.2, 0.25) is 0 Å². The molecule has 2 aromatic rings. The summed E-state index contributed by atoms with van der Waals surface area (Å²) in [6.07, 6.45) is -5.05. The van der Waals surface area contributed by atoms with Gasteiger partial charge in [-0.25, -0.2) is 4.79 Å². The highest BCUT2D eigenvalue weighted by atomic mass is 19.4. The zero-order valence-corrected chi connectivity index (χ0v) is 11.1. The second kappa shape index (κ2) is 4.91. The SMILES string of the molecule is C=C1Oc2cc(OC(=O)C(F)(F)F)ccc2-c2ccccc21. The molecule has 1 aliphatic heterocycles. The summed E-state index contributed by atoms with van der Waals surface area (Å²) in [6.45, 7) is 3.77. The largest absolute Gasteiger partial charge is 0.491 e. The summed E-state index contributed by atoms with van der Waals surface area (Å²) in [4.78, 5) is 10.9. The van der Waals surface area contributed by atoms with Crippen molar-refractivity contribution < 1.29 is 27.4 Å². The van der Waals surface area contributed by atoms with Gasteiger partial charge in [0.05, 0.1) is 0 Å². The number of benzene rings is 2. The number of hydrogen-bond acceptors (Lipinski definition) is 3. The molecule has 0 bridgehead atoms. The van der Waals surface area contributed by atoms with E-state index in [0.717, 1.165) is 11.1 Å². The minimum absolute atomic E-state index is 0.242. The average molecular weight is 306 g/mol. The number of halogens is 3. The number of carbonyl (C=O) groups is 1. The second-order valence-electron chi connectivity index (χ2n) is 4.62. The Bertz CT molecular complexity index is 778. The lowest BCUT2D eigenvalue weighted by Gasteiger charge is -2.22. The van der Waals surface area contributed by atoms with Crippen LogP contribution in [0.3, 0.4) is 0 Å². The first kappa shape index (κ1) is 14.2. The third-order valence-corrected chi connectivity index (χ3v) is 3.15. The van der Waals surface area contributed by atoms with Crippen molar-refractivity contribution in [1.82, 2.24) is 0 Å². The lowest BCUT2D eigenvalue weighted by Crippen LogP contribution is -2.27. The van der Waals surface area contributed by atoms with E-state index < -0.39 is 12.1 Å². The number of alkyl halides is 3. The summed E-state index contributed by atoms with van der Waals surface area (Å²) in [7, 11) is 0. The Labute approximate surface area is 123 Å². The van der Waals surface area contributed by atoms with Crippen LogP contribution in [0.1, 0.15) is 5.56 Å². The third kappa shape index (κ3) is 2.43. The monoisotopic (exact) mass is 306 g/mol. The molecule has 0 atom stereocenters. The number of rotatable bonds is 1. The van der Waals surface area contributed by atoms with Gasteiger partial charge >= 0.3 is 12.1 Å². The van der Waals surface area contributed by atoms with Crippen molar-refractivity contribution in [1.29, 1.82) is 0 Å². The van der Waals surface area contributed by atoms with Gasteiger partial charge in [-0.1, -0.05) is 30.8 Å². The van der Waals surface area contributed by atoms with Crippen molar-refractivity contribution in [2.45, 2.75) is 6.18 Å². The number of fused-ring (bicyclic) bond motifs is 3. The van der Waals surface area contributed by atoms with E-state index in [-0.39, 0.29) is 11.5 Å². The molecular formula is C16H9F3O3. The van der Waals surface area contributed by atoms with Crippen molar-refractivity contribution in [3.05, 3.63) is 54.6 Å². The first-order valence-corrected chi connectivity index (χ1v) is 6.26. The van der Waals surface area contributed by atoms with Gasteiger partial charge in [0.2, 0.25) is 0 Å². The summed E-state index contributed by atoms with van der Waals surface area (Å²) < 4.78 is 46.4. The van der Waals surface area contributed by atoms with E-state index in [1.807, 2.05) is 24.3 Å². The molecule has 112 valence electrons. The van der Waals surface area contributed by atoms with Gasteiger partial charge < -0.3 is 9.47 Å². The van der Waals surface area contributed by atoms with Gasteiger partial charge in [-0.05, 0) is 17.7 Å². The minimum Gasteiger partial charge on any atom is -0.457 e. The summed E-state index contributed by atoms with van der Waals surface area (Å²) in [5.74, 6) is -1.85. The molecule has 0 aliphatic carbocycles. The molecule has 2 aromatic carbocycles. The van der Waals surface area contributed by atoms with Gasteiger partial charge in [0.15, 0.2) is 0 Å². The van der Waals surface area contributed by atoms with Crippen LogP contribution in [0.4, 0.5) is 13.2 Å². The molecule has 22 heavy (non-hydrogen) atoms. The van der Waals surface area contributed by atoms with E-state index in [0.29, 0.717) is 11.3 Å². The van der Waals surface area contributed by atoms with Gasteiger partial charge in [0.1, 0.15) is 17.3 Å². The summed E-state index contributed by atoms with van der Waals surface area (Å²) >= 11 is 0. The van der Waals surface area contributed by atoms with Gasteiger partial charge in [-0.3, -0.25) is 0 Å². The van der Waals surface area contributed by atoms with Crippen LogP contribution in [0, 0.1) is 0 Å². The Kier molecular flexibility index (Phi) is 3.16. The molecule has 1 aliphatic rings. The summed E-state index contributed by atoms with van der Waals surface area (Å²) in [5.41, 5.74) is 2.34. The molecule has 3 nitrogen and oxygen atoms in total. The van der Waals surface area contributed by atoms with Crippen LogP contribution in [0.25, 0.3) is 16.9 Å². The van der Waals surface area contributed by atoms with Crippen LogP contribution in [-0.4, -0.2) is 12.1 Å². The first-order chi connectivity index (χ1) is 10.4. The molecule has 1 heterocycles. The quantitative estimate of drug-likeness (QED) is 0.585. The standard InChI is InChI=1S/C16H9F3O3/c1-9-11-4-2-3-5-12(11)13-7-6-10(8-14(13)21-9)22-15(20)16(17,18)19/h2-8H,1H2. The van der Waals surface area contributed by atoms with Crippen LogP contribution < -0.4 is 9.47 Å². The Morgan fingerprint density at radius 1 is 1.05 bits per heavy atom. The second-order valence-corrected chi connectivity index (χ2v) is 4.62. The predicted octanol–water partition coefficient (Wildman–Crippen LogP) is 4.18. The highest BCUT2D eigenvalue weighted by Gasteiger charge is 2.41. The molecule has 0 saturated heterocycles. The predicted molar refractivity (Wildman–Crippen MR) is 73.2 cm³/mol. The zero-order valence-electron chi connectivity index (χ0n) is 11.1. The van der Waals surface area contributed by atoms with E-state index in [2.05, 4.69) is 11.3 Å². The summed E-state index contributed by atoms with van der Waals surface area (Å²) in [5, 5.41) is 0. The minimum atomic E-state index is -5.05. The summed E-state index contributed by atoms with van der Waals surface area (Å²) in [6, 6.07) is 11.4. The molecule has 0 spiro atoms. The normalized spacial score (nSPS) is 13.0. The van der Waals surface area contributed by atoms with Gasteiger partial charge in [-0.2, -0.15) is 13.2 Å². The van der Waals surface area contributed by atoms with Crippen LogP contribution in [-0.2, 0) is 4.79 Å². The lowest BCUT2D eigenvalue weighted by molar-refractivity contribution is -0.189. The molecule has 0 radical (unpaired) electrons. The number of hydrogen-bond donors (Lipinski definition) is 0. The lowest BCUT2D eigenvalue weighted by atomic mass is 9.95. The van der Waals surface area contributed by atoms with Crippen LogP contribution in [0.5, 0.6) is 11.5 Å². The molecule has 0 N–H and O–H groups in total. The average Bonchev–Trinajstić information content (AvgIpc) is 2.46. The highest BCUT2D eigenvalue weighted by Crippen LogP contribution is 2.43. The van der Waals surface area contributed by atoms with Crippen LogP contribution in [0.15, 0.2) is 49.0 Å². The van der Waals surface area contributed by atoms with Crippen LogP contribution >= 0.6 is 0 Å². The maximum Gasteiger partial charge on any atom is 0.491 e. The molecule has 0 amide bonds. The van der Waals surface area contributed by atoms with Crippen molar-refractivity contribution in [2.75, 3.05) is 0 Å². The van der Waals surface area contributed by atoms with E-state index in [4.69, 9.17) is 4.74 Å². The fourth-order valence-electron chi connectivity index (χ4n) is 2.19. The smallest absolute Gasteiger partial charge is 0.457 e. The van der Waals surface area contributed by atoms with E-state index >= 15 is 0 Å². The molecule has 0 unspecified atom stereocenters. The van der Waals surface area contributed by atoms with E-state index in [1.165, 1.54) is 12.1 Å². The maximum atomic E-state index is 12.2. The molecule has 0 saturated carbocycles. The molecule has 0 fully saturated rings. The van der Waals surface area contributed by atoms with Crippen molar-refractivity contribution in [3.8, 4) is 22.6 Å². The molecular weight excluding hydrogens is 297 g/mol. The van der Waals surface area contributed by atoms with Crippen molar-refractivity contribution >= 4 is 11.7 Å². The number of carbonyl (C=O) groups excluding carboxylic acids is 1. The molecule has 0 aromatic heterocycles. The topological polar surface area (TPSA) is 35.5 Å². The van der Waals surface area contributed by atoms with Gasteiger partial charge in [0, 0.05) is 17.2 Å². The van der Waals surface area contributed by atoms with Crippen molar-refractivity contribution in [3.63, 3.8) is 0 Å². The van der Waals surface area contributed by atoms with Crippen molar-refractivity contribution in [2.24, 2.45) is 0 Å². The Morgan fingerprint density at radius 2 is 1.73 bits per heavy atom. The Hall–Kier alpha value is -2.76. The maximum absolute atomic E-state index is 12.2. The number of ether oxygens (including phenoxy) is 2. The van der Waals surface area contributed by atoms with Gasteiger partial charge in [-0.15, -0.1) is 0 Å². The Balaban J connectivity index is 1.98.